The number of alkyl carbamates (subject to hydrolysis) is 1. The van der Waals surface area contributed by atoms with Gasteiger partial charge in [-0.05, 0) is 51.7 Å². The van der Waals surface area contributed by atoms with E-state index >= 15 is 0 Å². The highest BCUT2D eigenvalue weighted by Crippen LogP contribution is 2.16. The summed E-state index contributed by atoms with van der Waals surface area (Å²) in [5.41, 5.74) is 0.121. The molecule has 1 heterocycles. The molecule has 8 heteroatoms. The monoisotopic (exact) mass is 418 g/mol. The molecule has 3 N–H and O–H groups in total. The van der Waals surface area contributed by atoms with Gasteiger partial charge in [0.05, 0.1) is 0 Å². The van der Waals surface area contributed by atoms with Crippen molar-refractivity contribution in [3.63, 3.8) is 0 Å². The van der Waals surface area contributed by atoms with Gasteiger partial charge in [-0.3, -0.25) is 4.79 Å². The van der Waals surface area contributed by atoms with Crippen LogP contribution in [0.2, 0.25) is 0 Å². The number of ether oxygens (including phenoxy) is 1. The minimum absolute atomic E-state index is 0.0317. The third kappa shape index (κ3) is 7.57. The molecular formula is C22H34N4O4. The standard InChI is InChI=1S/C22H34N4O4/c1-15(2)18(25-20(28)23-16-9-7-6-8-10-16)19(27)26-13-11-17(12-14-26)24-21(29)30-22(3,4)5/h6-10,15,17-18H,11-14H2,1-5H3,(H,24,29)(H2,23,25,28). The summed E-state index contributed by atoms with van der Waals surface area (Å²) in [5.74, 6) is -0.166. The number of nitrogens with one attached hydrogen (secondary N) is 3. The number of para-hydroxylation sites is 1. The molecule has 1 aromatic carbocycles. The van der Waals surface area contributed by atoms with Gasteiger partial charge in [-0.1, -0.05) is 32.0 Å². The lowest BCUT2D eigenvalue weighted by atomic mass is 9.99. The molecule has 0 aromatic heterocycles. The Bertz CT molecular complexity index is 722. The van der Waals surface area contributed by atoms with Crippen LogP contribution in [0.15, 0.2) is 30.3 Å². The Hall–Kier alpha value is -2.77. The summed E-state index contributed by atoms with van der Waals surface area (Å²) in [5, 5.41) is 8.42. The van der Waals surface area contributed by atoms with Crippen molar-refractivity contribution >= 4 is 23.7 Å². The maximum atomic E-state index is 13.0. The number of anilines is 1. The summed E-state index contributed by atoms with van der Waals surface area (Å²) >= 11 is 0. The topological polar surface area (TPSA) is 99.8 Å². The van der Waals surface area contributed by atoms with E-state index in [0.29, 0.717) is 31.6 Å². The summed E-state index contributed by atoms with van der Waals surface area (Å²) in [4.78, 5) is 39.1. The van der Waals surface area contributed by atoms with E-state index < -0.39 is 23.8 Å². The van der Waals surface area contributed by atoms with Crippen LogP contribution in [-0.2, 0) is 9.53 Å². The van der Waals surface area contributed by atoms with Crippen molar-refractivity contribution in [1.29, 1.82) is 0 Å². The predicted octanol–water partition coefficient (Wildman–Crippen LogP) is 3.35. The number of amides is 4. The quantitative estimate of drug-likeness (QED) is 0.683. The highest BCUT2D eigenvalue weighted by molar-refractivity contribution is 5.93. The lowest BCUT2D eigenvalue weighted by molar-refractivity contribution is -0.135. The highest BCUT2D eigenvalue weighted by atomic mass is 16.6. The second kappa shape index (κ2) is 10.3. The molecule has 0 spiro atoms. The van der Waals surface area contributed by atoms with Crippen molar-refractivity contribution < 1.29 is 19.1 Å². The molecule has 0 saturated carbocycles. The fraction of sp³-hybridized carbons (Fsp3) is 0.591. The van der Waals surface area contributed by atoms with Gasteiger partial charge in [-0.15, -0.1) is 0 Å². The number of hydrogen-bond donors (Lipinski definition) is 3. The van der Waals surface area contributed by atoms with Crippen molar-refractivity contribution in [2.75, 3.05) is 18.4 Å². The molecule has 0 bridgehead atoms. The Labute approximate surface area is 178 Å². The molecule has 1 unspecified atom stereocenters. The Morgan fingerprint density at radius 2 is 1.67 bits per heavy atom. The molecule has 4 amide bonds. The summed E-state index contributed by atoms with van der Waals surface area (Å²) in [6.07, 6.45) is 0.851. The Kier molecular flexibility index (Phi) is 8.08. The number of carbonyl (C=O) groups excluding carboxylic acids is 3. The second-order valence-electron chi connectivity index (χ2n) is 8.93. The van der Waals surface area contributed by atoms with Crippen LogP contribution in [0.3, 0.4) is 0 Å². The van der Waals surface area contributed by atoms with Crippen molar-refractivity contribution in [3.05, 3.63) is 30.3 Å². The van der Waals surface area contributed by atoms with E-state index in [2.05, 4.69) is 16.0 Å². The minimum atomic E-state index is -0.621. The highest BCUT2D eigenvalue weighted by Gasteiger charge is 2.32. The van der Waals surface area contributed by atoms with Crippen LogP contribution in [0, 0.1) is 5.92 Å². The van der Waals surface area contributed by atoms with Crippen LogP contribution in [0.4, 0.5) is 15.3 Å². The first-order chi connectivity index (χ1) is 14.0. The zero-order chi connectivity index (χ0) is 22.3. The van der Waals surface area contributed by atoms with Crippen molar-refractivity contribution in [2.24, 2.45) is 5.92 Å². The lowest BCUT2D eigenvalue weighted by Crippen LogP contribution is -2.55. The summed E-state index contributed by atoms with van der Waals surface area (Å²) in [6, 6.07) is 8.04. The van der Waals surface area contributed by atoms with Crippen LogP contribution in [0.25, 0.3) is 0 Å². The summed E-state index contributed by atoms with van der Waals surface area (Å²) in [7, 11) is 0. The molecule has 0 radical (unpaired) electrons. The average Bonchev–Trinajstić information content (AvgIpc) is 2.65. The van der Waals surface area contributed by atoms with E-state index in [1.54, 1.807) is 17.0 Å². The Morgan fingerprint density at radius 1 is 1.07 bits per heavy atom. The molecule has 1 saturated heterocycles. The van der Waals surface area contributed by atoms with Crippen molar-refractivity contribution in [2.45, 2.75) is 65.1 Å². The number of piperidine rings is 1. The van der Waals surface area contributed by atoms with Gasteiger partial charge in [0, 0.05) is 24.8 Å². The number of urea groups is 1. The van der Waals surface area contributed by atoms with Crippen LogP contribution in [0.1, 0.15) is 47.5 Å². The van der Waals surface area contributed by atoms with E-state index in [1.165, 1.54) is 0 Å². The zero-order valence-corrected chi connectivity index (χ0v) is 18.5. The fourth-order valence-electron chi connectivity index (χ4n) is 3.26. The van der Waals surface area contributed by atoms with Crippen molar-refractivity contribution in [3.8, 4) is 0 Å². The van der Waals surface area contributed by atoms with Gasteiger partial charge >= 0.3 is 12.1 Å². The van der Waals surface area contributed by atoms with E-state index in [-0.39, 0.29) is 17.9 Å². The lowest BCUT2D eigenvalue weighted by Gasteiger charge is -2.35. The predicted molar refractivity (Wildman–Crippen MR) is 116 cm³/mol. The SMILES string of the molecule is CC(C)C(NC(=O)Nc1ccccc1)C(=O)N1CCC(NC(=O)OC(C)(C)C)CC1. The first-order valence-corrected chi connectivity index (χ1v) is 10.5. The summed E-state index contributed by atoms with van der Waals surface area (Å²) < 4.78 is 5.29. The van der Waals surface area contributed by atoms with E-state index in [9.17, 15) is 14.4 Å². The first-order valence-electron chi connectivity index (χ1n) is 10.5. The summed E-state index contributed by atoms with van der Waals surface area (Å²) in [6.45, 7) is 10.3. The molecule has 1 atom stereocenters. The fourth-order valence-corrected chi connectivity index (χ4v) is 3.26. The molecule has 1 fully saturated rings. The molecule has 1 aromatic rings. The van der Waals surface area contributed by atoms with Crippen LogP contribution >= 0.6 is 0 Å². The average molecular weight is 419 g/mol. The first kappa shape index (κ1) is 23.5. The normalized spacial score (nSPS) is 16.0. The third-order valence-corrected chi connectivity index (χ3v) is 4.78. The largest absolute Gasteiger partial charge is 0.444 e. The van der Waals surface area contributed by atoms with Crippen LogP contribution in [0.5, 0.6) is 0 Å². The van der Waals surface area contributed by atoms with Crippen LogP contribution in [-0.4, -0.2) is 53.7 Å². The van der Waals surface area contributed by atoms with Gasteiger partial charge in [0.2, 0.25) is 5.91 Å². The molecule has 2 rings (SSSR count). The van der Waals surface area contributed by atoms with Gasteiger partial charge in [-0.2, -0.15) is 0 Å². The minimum Gasteiger partial charge on any atom is -0.444 e. The Morgan fingerprint density at radius 3 is 2.20 bits per heavy atom. The van der Waals surface area contributed by atoms with Crippen LogP contribution < -0.4 is 16.0 Å². The Balaban J connectivity index is 1.86. The molecule has 30 heavy (non-hydrogen) atoms. The zero-order valence-electron chi connectivity index (χ0n) is 18.5. The number of benzene rings is 1. The number of hydrogen-bond acceptors (Lipinski definition) is 4. The molecule has 166 valence electrons. The van der Waals surface area contributed by atoms with E-state index in [0.717, 1.165) is 0 Å². The molecule has 1 aliphatic heterocycles. The second-order valence-corrected chi connectivity index (χ2v) is 8.93. The third-order valence-electron chi connectivity index (χ3n) is 4.78. The van der Waals surface area contributed by atoms with Gasteiger partial charge in [-0.25, -0.2) is 9.59 Å². The molecule has 8 nitrogen and oxygen atoms in total. The van der Waals surface area contributed by atoms with Gasteiger partial charge in [0.1, 0.15) is 11.6 Å². The van der Waals surface area contributed by atoms with Gasteiger partial charge in [0.25, 0.3) is 0 Å². The number of carbonyl (C=O) groups is 3. The van der Waals surface area contributed by atoms with E-state index in [1.807, 2.05) is 52.8 Å². The molecular weight excluding hydrogens is 384 g/mol. The molecule has 0 aliphatic carbocycles. The smallest absolute Gasteiger partial charge is 0.407 e. The number of likely N-dealkylation sites (tertiary alicyclic amines) is 1. The van der Waals surface area contributed by atoms with Gasteiger partial charge < -0.3 is 25.6 Å². The number of rotatable bonds is 5. The number of nitrogens with zero attached hydrogens (tertiary/aromatic N) is 1. The van der Waals surface area contributed by atoms with Gasteiger partial charge in [0.15, 0.2) is 0 Å². The maximum absolute atomic E-state index is 13.0. The van der Waals surface area contributed by atoms with E-state index in [4.69, 9.17) is 4.74 Å². The molecule has 1 aliphatic rings. The maximum Gasteiger partial charge on any atom is 0.407 e. The van der Waals surface area contributed by atoms with Crippen molar-refractivity contribution in [1.82, 2.24) is 15.5 Å².